The van der Waals surface area contributed by atoms with Crippen molar-refractivity contribution in [1.29, 1.82) is 0 Å². The van der Waals surface area contributed by atoms with Gasteiger partial charge in [-0.25, -0.2) is 0 Å². The van der Waals surface area contributed by atoms with Crippen molar-refractivity contribution in [2.45, 2.75) is 58.7 Å². The summed E-state index contributed by atoms with van der Waals surface area (Å²) in [5, 5.41) is 3.31. The van der Waals surface area contributed by atoms with Crippen LogP contribution in [0.5, 0.6) is 0 Å². The standard InChI is InChI=1S/C15H30NO5P/c1-4-19-14(17)11-7-9-13-10-8-12-16-15(13)22(18,20-5-2)21-6-3/h13,15-16H,4-12H2,1-3H3. The van der Waals surface area contributed by atoms with Crippen LogP contribution in [-0.4, -0.2) is 38.1 Å². The van der Waals surface area contributed by atoms with Crippen molar-refractivity contribution >= 4 is 13.6 Å². The second-order valence-corrected chi connectivity index (χ2v) is 7.53. The molecule has 7 heteroatoms. The molecule has 130 valence electrons. The van der Waals surface area contributed by atoms with E-state index in [2.05, 4.69) is 5.32 Å². The molecule has 1 saturated heterocycles. The molecule has 0 amide bonds. The molecule has 1 heterocycles. The van der Waals surface area contributed by atoms with Gasteiger partial charge in [0.25, 0.3) is 0 Å². The van der Waals surface area contributed by atoms with Gasteiger partial charge in [0.05, 0.1) is 19.8 Å². The molecule has 1 aliphatic rings. The Hall–Kier alpha value is -0.420. The molecule has 1 rings (SSSR count). The van der Waals surface area contributed by atoms with Gasteiger partial charge in [-0.3, -0.25) is 9.36 Å². The second kappa shape index (κ2) is 10.4. The Bertz CT molecular complexity index is 367. The Labute approximate surface area is 133 Å². The third kappa shape index (κ3) is 5.99. The summed E-state index contributed by atoms with van der Waals surface area (Å²) in [4.78, 5) is 11.4. The van der Waals surface area contributed by atoms with Crippen molar-refractivity contribution in [3.8, 4) is 0 Å². The first-order valence-electron chi connectivity index (χ1n) is 8.35. The van der Waals surface area contributed by atoms with E-state index >= 15 is 0 Å². The smallest absolute Gasteiger partial charge is 0.347 e. The van der Waals surface area contributed by atoms with Gasteiger partial charge < -0.3 is 19.1 Å². The molecular weight excluding hydrogens is 305 g/mol. The molecule has 1 N–H and O–H groups in total. The average molecular weight is 335 g/mol. The third-order valence-electron chi connectivity index (χ3n) is 3.77. The van der Waals surface area contributed by atoms with Gasteiger partial charge in [0.1, 0.15) is 5.78 Å². The van der Waals surface area contributed by atoms with Crippen LogP contribution in [0.3, 0.4) is 0 Å². The molecule has 0 spiro atoms. The molecule has 0 aromatic carbocycles. The maximum Gasteiger partial charge on any atom is 0.347 e. The Balaban J connectivity index is 2.61. The molecule has 1 fully saturated rings. The highest BCUT2D eigenvalue weighted by atomic mass is 31.2. The van der Waals surface area contributed by atoms with E-state index in [-0.39, 0.29) is 17.7 Å². The Morgan fingerprint density at radius 3 is 2.45 bits per heavy atom. The number of nitrogens with one attached hydrogen (secondary N) is 1. The van der Waals surface area contributed by atoms with E-state index in [1.165, 1.54) is 0 Å². The molecule has 1 aliphatic heterocycles. The molecule has 6 nitrogen and oxygen atoms in total. The molecule has 0 aliphatic carbocycles. The van der Waals surface area contributed by atoms with Crippen LogP contribution >= 0.6 is 7.60 Å². The number of carbonyl (C=O) groups excluding carboxylic acids is 1. The van der Waals surface area contributed by atoms with Crippen LogP contribution in [0.2, 0.25) is 0 Å². The molecule has 0 aromatic rings. The Kier molecular flexibility index (Phi) is 9.25. The van der Waals surface area contributed by atoms with E-state index in [9.17, 15) is 9.36 Å². The molecule has 22 heavy (non-hydrogen) atoms. The van der Waals surface area contributed by atoms with E-state index < -0.39 is 7.60 Å². The minimum atomic E-state index is -3.15. The summed E-state index contributed by atoms with van der Waals surface area (Å²) >= 11 is 0. The van der Waals surface area contributed by atoms with E-state index in [0.29, 0.717) is 26.2 Å². The zero-order valence-electron chi connectivity index (χ0n) is 14.0. The van der Waals surface area contributed by atoms with Crippen molar-refractivity contribution < 1.29 is 23.1 Å². The summed E-state index contributed by atoms with van der Waals surface area (Å²) in [5.74, 6) is -0.240. The zero-order chi connectivity index (χ0) is 16.4. The fraction of sp³-hybridized carbons (Fsp3) is 0.933. The fourth-order valence-electron chi connectivity index (χ4n) is 2.91. The summed E-state index contributed by atoms with van der Waals surface area (Å²) in [5.41, 5.74) is 0. The first-order chi connectivity index (χ1) is 10.6. The van der Waals surface area contributed by atoms with E-state index in [1.54, 1.807) is 6.92 Å². The number of esters is 1. The van der Waals surface area contributed by atoms with Crippen LogP contribution in [0.1, 0.15) is 52.9 Å². The van der Waals surface area contributed by atoms with Gasteiger partial charge in [-0.2, -0.15) is 0 Å². The number of carbonyl (C=O) groups is 1. The predicted octanol–water partition coefficient (Wildman–Crippen LogP) is 3.31. The van der Waals surface area contributed by atoms with Crippen molar-refractivity contribution in [3.63, 3.8) is 0 Å². The van der Waals surface area contributed by atoms with Gasteiger partial charge in [0.2, 0.25) is 0 Å². The normalized spacial score (nSPS) is 22.5. The summed E-state index contributed by atoms with van der Waals surface area (Å²) in [6, 6.07) is 0. The number of piperidine rings is 1. The quantitative estimate of drug-likeness (QED) is 0.488. The monoisotopic (exact) mass is 335 g/mol. The molecule has 0 bridgehead atoms. The van der Waals surface area contributed by atoms with Crippen molar-refractivity contribution in [2.24, 2.45) is 5.92 Å². The molecule has 2 atom stereocenters. The molecule has 0 aromatic heterocycles. The maximum absolute atomic E-state index is 13.0. The number of rotatable bonds is 10. The third-order valence-corrected chi connectivity index (χ3v) is 6.29. The van der Waals surface area contributed by atoms with Crippen LogP contribution in [0.4, 0.5) is 0 Å². The van der Waals surface area contributed by atoms with E-state index in [0.717, 1.165) is 32.2 Å². The molecule has 0 radical (unpaired) electrons. The first-order valence-corrected chi connectivity index (χ1v) is 9.96. The minimum absolute atomic E-state index is 0.166. The largest absolute Gasteiger partial charge is 0.466 e. The summed E-state index contributed by atoms with van der Waals surface area (Å²) in [6.45, 7) is 7.42. The van der Waals surface area contributed by atoms with Crippen LogP contribution < -0.4 is 5.32 Å². The summed E-state index contributed by atoms with van der Waals surface area (Å²) in [6.07, 6.45) is 3.98. The van der Waals surface area contributed by atoms with Crippen molar-refractivity contribution in [1.82, 2.24) is 5.32 Å². The first kappa shape index (κ1) is 19.6. The van der Waals surface area contributed by atoms with Gasteiger partial charge in [-0.05, 0) is 58.9 Å². The van der Waals surface area contributed by atoms with Gasteiger partial charge in [0, 0.05) is 6.42 Å². The summed E-state index contributed by atoms with van der Waals surface area (Å²) in [7, 11) is -3.15. The predicted molar refractivity (Wildman–Crippen MR) is 85.9 cm³/mol. The van der Waals surface area contributed by atoms with Crippen LogP contribution in [0, 0.1) is 5.92 Å². The summed E-state index contributed by atoms with van der Waals surface area (Å²) < 4.78 is 28.9. The molecular formula is C15H30NO5P. The second-order valence-electron chi connectivity index (χ2n) is 5.37. The van der Waals surface area contributed by atoms with Crippen molar-refractivity contribution in [2.75, 3.05) is 26.4 Å². The van der Waals surface area contributed by atoms with Crippen molar-refractivity contribution in [3.05, 3.63) is 0 Å². The van der Waals surface area contributed by atoms with Gasteiger partial charge in [0.15, 0.2) is 0 Å². The number of hydrogen-bond acceptors (Lipinski definition) is 6. The topological polar surface area (TPSA) is 73.9 Å². The number of ether oxygens (including phenoxy) is 1. The van der Waals surface area contributed by atoms with Gasteiger partial charge in [-0.15, -0.1) is 0 Å². The average Bonchev–Trinajstić information content (AvgIpc) is 2.48. The lowest BCUT2D eigenvalue weighted by atomic mass is 9.93. The maximum atomic E-state index is 13.0. The van der Waals surface area contributed by atoms with Crippen LogP contribution in [0.15, 0.2) is 0 Å². The molecule has 2 unspecified atom stereocenters. The van der Waals surface area contributed by atoms with Gasteiger partial charge in [-0.1, -0.05) is 0 Å². The minimum Gasteiger partial charge on any atom is -0.466 e. The highest BCUT2D eigenvalue weighted by molar-refractivity contribution is 7.54. The van der Waals surface area contributed by atoms with Crippen LogP contribution in [-0.2, 0) is 23.1 Å². The molecule has 0 saturated carbocycles. The van der Waals surface area contributed by atoms with E-state index in [1.807, 2.05) is 13.8 Å². The Morgan fingerprint density at radius 1 is 1.18 bits per heavy atom. The Morgan fingerprint density at radius 2 is 1.86 bits per heavy atom. The number of hydrogen-bond donors (Lipinski definition) is 1. The fourth-order valence-corrected chi connectivity index (χ4v) is 5.19. The van der Waals surface area contributed by atoms with E-state index in [4.69, 9.17) is 13.8 Å². The zero-order valence-corrected chi connectivity index (χ0v) is 14.9. The lowest BCUT2D eigenvalue weighted by molar-refractivity contribution is -0.143. The SMILES string of the molecule is CCOC(=O)CCCC1CCCNC1P(=O)(OCC)OCC. The lowest BCUT2D eigenvalue weighted by Gasteiger charge is -2.36. The highest BCUT2D eigenvalue weighted by Gasteiger charge is 2.41. The van der Waals surface area contributed by atoms with Gasteiger partial charge >= 0.3 is 13.6 Å². The highest BCUT2D eigenvalue weighted by Crippen LogP contribution is 2.56. The lowest BCUT2D eigenvalue weighted by Crippen LogP contribution is -2.42. The van der Waals surface area contributed by atoms with Crippen LogP contribution in [0.25, 0.3) is 0 Å².